The molecule has 2 N–H and O–H groups in total. The zero-order valence-electron chi connectivity index (χ0n) is 5.02. The summed E-state index contributed by atoms with van der Waals surface area (Å²) in [7, 11) is -3.82. The highest BCUT2D eigenvalue weighted by molar-refractivity contribution is 7.89. The van der Waals surface area contributed by atoms with Gasteiger partial charge in [-0.05, 0) is 6.08 Å². The van der Waals surface area contributed by atoms with Gasteiger partial charge in [-0.3, -0.25) is 0 Å². The summed E-state index contributed by atoms with van der Waals surface area (Å²) in [4.78, 5) is 12.4. The first-order valence-electron chi connectivity index (χ1n) is 2.23. The minimum atomic E-state index is -3.82. The number of primary sulfonamides is 1. The lowest BCUT2D eigenvalue weighted by Crippen LogP contribution is -2.24. The first-order chi connectivity index (χ1) is 4.52. The second-order valence-corrected chi connectivity index (χ2v) is 3.10. The van der Waals surface area contributed by atoms with Gasteiger partial charge in [0.2, 0.25) is 16.1 Å². The van der Waals surface area contributed by atoms with Gasteiger partial charge in [-0.15, -0.1) is 0 Å². The zero-order valence-corrected chi connectivity index (χ0v) is 5.84. The molecular weight excluding hydrogens is 156 g/mol. The Hall–Kier alpha value is -0.970. The summed E-state index contributed by atoms with van der Waals surface area (Å²) in [5.41, 5.74) is 0. The molecule has 0 heterocycles. The highest BCUT2D eigenvalue weighted by atomic mass is 32.2. The van der Waals surface area contributed by atoms with Crippen LogP contribution in [0.4, 0.5) is 0 Å². The summed E-state index contributed by atoms with van der Waals surface area (Å²) in [6.45, 7) is 3.11. The molecule has 56 valence electrons. The first-order valence-corrected chi connectivity index (χ1v) is 3.84. The first kappa shape index (κ1) is 9.03. The van der Waals surface area contributed by atoms with E-state index in [1.54, 1.807) is 0 Å². The van der Waals surface area contributed by atoms with Crippen molar-refractivity contribution in [2.45, 2.75) is 5.37 Å². The number of isocyanates is 1. The van der Waals surface area contributed by atoms with Crippen LogP contribution in [0.25, 0.3) is 0 Å². The summed E-state index contributed by atoms with van der Waals surface area (Å²) >= 11 is 0. The van der Waals surface area contributed by atoms with E-state index in [9.17, 15) is 13.2 Å². The van der Waals surface area contributed by atoms with Crippen LogP contribution in [0, 0.1) is 0 Å². The van der Waals surface area contributed by atoms with Crippen molar-refractivity contribution in [3.63, 3.8) is 0 Å². The van der Waals surface area contributed by atoms with Crippen LogP contribution in [0.5, 0.6) is 0 Å². The van der Waals surface area contributed by atoms with E-state index in [4.69, 9.17) is 0 Å². The third-order valence-electron chi connectivity index (χ3n) is 0.718. The lowest BCUT2D eigenvalue weighted by molar-refractivity contribution is 0.560. The molecule has 5 nitrogen and oxygen atoms in total. The van der Waals surface area contributed by atoms with Crippen molar-refractivity contribution in [2.24, 2.45) is 10.1 Å². The van der Waals surface area contributed by atoms with Crippen LogP contribution in [0.1, 0.15) is 0 Å². The standard InChI is InChI=1S/C4H6N2O3S/c1-2-4(6-3-7)10(5,8)9/h2,4H,1H2,(H2,5,8,9). The van der Waals surface area contributed by atoms with Crippen LogP contribution < -0.4 is 5.14 Å². The molecule has 1 unspecified atom stereocenters. The van der Waals surface area contributed by atoms with Crippen molar-refractivity contribution in [1.82, 2.24) is 0 Å². The number of rotatable bonds is 3. The molecule has 0 rings (SSSR count). The van der Waals surface area contributed by atoms with Gasteiger partial charge in [0.25, 0.3) is 0 Å². The molecular formula is C4H6N2O3S. The van der Waals surface area contributed by atoms with Crippen molar-refractivity contribution in [3.05, 3.63) is 12.7 Å². The molecule has 0 amide bonds. The van der Waals surface area contributed by atoms with Gasteiger partial charge in [0.15, 0.2) is 5.37 Å². The molecule has 10 heavy (non-hydrogen) atoms. The van der Waals surface area contributed by atoms with E-state index in [1.807, 2.05) is 0 Å². The summed E-state index contributed by atoms with van der Waals surface area (Å²) in [6, 6.07) is 0. The monoisotopic (exact) mass is 162 g/mol. The van der Waals surface area contributed by atoms with E-state index >= 15 is 0 Å². The van der Waals surface area contributed by atoms with Crippen LogP contribution >= 0.6 is 0 Å². The van der Waals surface area contributed by atoms with E-state index in [-0.39, 0.29) is 0 Å². The largest absolute Gasteiger partial charge is 0.236 e. The number of hydrogen-bond donors (Lipinski definition) is 1. The van der Waals surface area contributed by atoms with Gasteiger partial charge in [0.1, 0.15) is 0 Å². The summed E-state index contributed by atoms with van der Waals surface area (Å²) in [6.07, 6.45) is 2.01. The average Bonchev–Trinajstić information content (AvgIpc) is 1.80. The van der Waals surface area contributed by atoms with Crippen LogP contribution in [0.2, 0.25) is 0 Å². The van der Waals surface area contributed by atoms with Crippen LogP contribution in [0.3, 0.4) is 0 Å². The van der Waals surface area contributed by atoms with E-state index in [2.05, 4.69) is 16.7 Å². The molecule has 0 aliphatic heterocycles. The molecule has 0 aromatic rings. The molecule has 0 spiro atoms. The minimum Gasteiger partial charge on any atom is -0.227 e. The van der Waals surface area contributed by atoms with Crippen molar-refractivity contribution >= 4 is 16.1 Å². The maximum absolute atomic E-state index is 10.4. The van der Waals surface area contributed by atoms with E-state index < -0.39 is 15.4 Å². The predicted octanol–water partition coefficient (Wildman–Crippen LogP) is -0.877. The maximum atomic E-state index is 10.4. The highest BCUT2D eigenvalue weighted by Crippen LogP contribution is 1.96. The average molecular weight is 162 g/mol. The fourth-order valence-corrected chi connectivity index (χ4v) is 0.770. The summed E-state index contributed by atoms with van der Waals surface area (Å²) in [5.74, 6) is 0. The molecule has 0 bridgehead atoms. The van der Waals surface area contributed by atoms with Crippen molar-refractivity contribution in [2.75, 3.05) is 0 Å². The Balaban J connectivity index is 4.70. The Kier molecular flexibility index (Phi) is 2.95. The molecule has 0 aromatic carbocycles. The molecule has 1 atom stereocenters. The quantitative estimate of drug-likeness (QED) is 0.332. The van der Waals surface area contributed by atoms with Crippen molar-refractivity contribution in [1.29, 1.82) is 0 Å². The second kappa shape index (κ2) is 3.26. The van der Waals surface area contributed by atoms with Crippen LogP contribution in [0.15, 0.2) is 17.6 Å². The molecule has 0 aliphatic rings. The Morgan fingerprint density at radius 3 is 2.30 bits per heavy atom. The second-order valence-electron chi connectivity index (χ2n) is 1.44. The van der Waals surface area contributed by atoms with Gasteiger partial charge in [-0.2, -0.15) is 4.99 Å². The van der Waals surface area contributed by atoms with Gasteiger partial charge in [-0.25, -0.2) is 18.4 Å². The Labute approximate surface area is 58.3 Å². The third kappa shape index (κ3) is 2.54. The van der Waals surface area contributed by atoms with Crippen molar-refractivity contribution in [3.8, 4) is 0 Å². The highest BCUT2D eigenvalue weighted by Gasteiger charge is 2.15. The normalized spacial score (nSPS) is 13.3. The summed E-state index contributed by atoms with van der Waals surface area (Å²) < 4.78 is 20.8. The van der Waals surface area contributed by atoms with Gasteiger partial charge in [-0.1, -0.05) is 6.58 Å². The molecule has 0 saturated carbocycles. The lowest BCUT2D eigenvalue weighted by Gasteiger charge is -1.98. The molecule has 0 aliphatic carbocycles. The number of hydrogen-bond acceptors (Lipinski definition) is 4. The SMILES string of the molecule is C=CC(N=C=O)S(N)(=O)=O. The fourth-order valence-electron chi connectivity index (χ4n) is 0.312. The third-order valence-corrected chi connectivity index (χ3v) is 1.69. The Morgan fingerprint density at radius 1 is 1.70 bits per heavy atom. The topological polar surface area (TPSA) is 89.6 Å². The minimum absolute atomic E-state index is 0.945. The van der Waals surface area contributed by atoms with Gasteiger partial charge >= 0.3 is 0 Å². The Morgan fingerprint density at radius 2 is 2.20 bits per heavy atom. The predicted molar refractivity (Wildman–Crippen MR) is 35.2 cm³/mol. The van der Waals surface area contributed by atoms with Crippen LogP contribution in [-0.2, 0) is 14.8 Å². The van der Waals surface area contributed by atoms with E-state index in [0.717, 1.165) is 12.2 Å². The molecule has 6 heteroatoms. The lowest BCUT2D eigenvalue weighted by atomic mass is 10.6. The molecule has 0 aromatic heterocycles. The van der Waals surface area contributed by atoms with Gasteiger partial charge in [0.05, 0.1) is 0 Å². The number of sulfonamides is 1. The molecule has 0 saturated heterocycles. The summed E-state index contributed by atoms with van der Waals surface area (Å²) in [5, 5.41) is 3.23. The maximum Gasteiger partial charge on any atom is 0.236 e. The molecule has 0 fully saturated rings. The van der Waals surface area contributed by atoms with Gasteiger partial charge < -0.3 is 0 Å². The van der Waals surface area contributed by atoms with Gasteiger partial charge in [0, 0.05) is 0 Å². The van der Waals surface area contributed by atoms with E-state index in [1.165, 1.54) is 0 Å². The zero-order chi connectivity index (χ0) is 8.20. The van der Waals surface area contributed by atoms with Crippen molar-refractivity contribution < 1.29 is 13.2 Å². The number of carbonyl (C=O) groups excluding carboxylic acids is 1. The number of nitrogens with zero attached hydrogens (tertiary/aromatic N) is 1. The fraction of sp³-hybridized carbons (Fsp3) is 0.250. The molecule has 0 radical (unpaired) electrons. The number of aliphatic imine (C=N–C) groups is 1. The smallest absolute Gasteiger partial charge is 0.227 e. The number of nitrogens with two attached hydrogens (primary N) is 1. The van der Waals surface area contributed by atoms with Crippen LogP contribution in [-0.4, -0.2) is 19.9 Å². The van der Waals surface area contributed by atoms with E-state index in [0.29, 0.717) is 0 Å². The Bertz CT molecular complexity index is 262.